The fourth-order valence-electron chi connectivity index (χ4n) is 3.26. The van der Waals surface area contributed by atoms with Crippen LogP contribution >= 0.6 is 0 Å². The Kier molecular flexibility index (Phi) is 2.94. The molecule has 0 saturated carbocycles. The molecule has 2 aromatic heterocycles. The third-order valence-corrected chi connectivity index (χ3v) is 4.44. The number of aryl methyl sites for hydroxylation is 1. The minimum Gasteiger partial charge on any atom is -0.450 e. The topological polar surface area (TPSA) is 80.2 Å². The monoisotopic (exact) mass is 297 g/mol. The summed E-state index contributed by atoms with van der Waals surface area (Å²) in [5, 5.41) is 4.34. The number of nitrogen functional groups attached to an aromatic ring is 1. The first-order valence-electron chi connectivity index (χ1n) is 7.55. The van der Waals surface area contributed by atoms with E-state index in [0.29, 0.717) is 12.0 Å². The van der Waals surface area contributed by atoms with Crippen molar-refractivity contribution in [1.29, 1.82) is 0 Å². The highest BCUT2D eigenvalue weighted by Gasteiger charge is 2.26. The third kappa shape index (κ3) is 1.91. The molecule has 1 aliphatic rings. The van der Waals surface area contributed by atoms with Crippen LogP contribution in [0.4, 0.5) is 11.8 Å². The number of hydrogen-bond donors (Lipinski definition) is 2. The number of nitrogens with two attached hydrogens (primary N) is 1. The van der Waals surface area contributed by atoms with Crippen molar-refractivity contribution in [3.05, 3.63) is 23.8 Å². The predicted octanol–water partition coefficient (Wildman–Crippen LogP) is 2.06. The van der Waals surface area contributed by atoms with Gasteiger partial charge < -0.3 is 20.4 Å². The van der Waals surface area contributed by atoms with Crippen LogP contribution in [0.3, 0.4) is 0 Å². The van der Waals surface area contributed by atoms with Crippen LogP contribution in [0.25, 0.3) is 22.1 Å². The molecule has 114 valence electrons. The van der Waals surface area contributed by atoms with Crippen molar-refractivity contribution in [2.24, 2.45) is 0 Å². The van der Waals surface area contributed by atoms with Gasteiger partial charge in [-0.15, -0.1) is 0 Å². The van der Waals surface area contributed by atoms with E-state index in [2.05, 4.69) is 33.2 Å². The van der Waals surface area contributed by atoms with Gasteiger partial charge >= 0.3 is 0 Å². The summed E-state index contributed by atoms with van der Waals surface area (Å²) in [6.45, 7) is 3.90. The highest BCUT2D eigenvalue weighted by atomic mass is 16.3. The van der Waals surface area contributed by atoms with Crippen molar-refractivity contribution >= 4 is 33.8 Å². The van der Waals surface area contributed by atoms with Crippen molar-refractivity contribution in [2.45, 2.75) is 19.4 Å². The molecule has 0 unspecified atom stereocenters. The van der Waals surface area contributed by atoms with Crippen LogP contribution in [0.1, 0.15) is 12.0 Å². The van der Waals surface area contributed by atoms with Crippen LogP contribution < -0.4 is 16.0 Å². The quantitative estimate of drug-likeness (QED) is 0.753. The predicted molar refractivity (Wildman–Crippen MR) is 88.1 cm³/mol. The zero-order chi connectivity index (χ0) is 15.3. The van der Waals surface area contributed by atoms with Crippen LogP contribution in [0.5, 0.6) is 0 Å². The molecule has 3 aromatic rings. The van der Waals surface area contributed by atoms with Gasteiger partial charge in [-0.1, -0.05) is 12.1 Å². The summed E-state index contributed by atoms with van der Waals surface area (Å²) in [6.07, 6.45) is 1.08. The summed E-state index contributed by atoms with van der Waals surface area (Å²) < 4.78 is 6.06. The second kappa shape index (κ2) is 4.84. The lowest BCUT2D eigenvalue weighted by Gasteiger charge is -2.17. The molecule has 1 saturated heterocycles. The van der Waals surface area contributed by atoms with Gasteiger partial charge in [-0.3, -0.25) is 0 Å². The highest BCUT2D eigenvalue weighted by Crippen LogP contribution is 2.35. The minimum absolute atomic E-state index is 0.293. The Morgan fingerprint density at radius 3 is 3.00 bits per heavy atom. The Morgan fingerprint density at radius 1 is 1.36 bits per heavy atom. The lowest BCUT2D eigenvalue weighted by Crippen LogP contribution is -2.30. The van der Waals surface area contributed by atoms with Crippen molar-refractivity contribution in [1.82, 2.24) is 15.3 Å². The van der Waals surface area contributed by atoms with E-state index in [4.69, 9.17) is 10.2 Å². The van der Waals surface area contributed by atoms with Crippen LogP contribution in [0.15, 0.2) is 22.6 Å². The normalized spacial score (nSPS) is 18.6. The van der Waals surface area contributed by atoms with E-state index in [1.165, 1.54) is 0 Å². The van der Waals surface area contributed by atoms with Crippen molar-refractivity contribution < 1.29 is 4.42 Å². The van der Waals surface area contributed by atoms with Gasteiger partial charge in [0, 0.05) is 24.5 Å². The average Bonchev–Trinajstić information content (AvgIpc) is 3.11. The van der Waals surface area contributed by atoms with E-state index < -0.39 is 0 Å². The molecule has 0 radical (unpaired) electrons. The number of rotatable bonds is 2. The first kappa shape index (κ1) is 13.3. The molecule has 0 bridgehead atoms. The lowest BCUT2D eigenvalue weighted by atomic mass is 10.1. The highest BCUT2D eigenvalue weighted by molar-refractivity contribution is 6.07. The van der Waals surface area contributed by atoms with Crippen LogP contribution in [0.2, 0.25) is 0 Å². The number of furan rings is 1. The summed E-state index contributed by atoms with van der Waals surface area (Å²) in [4.78, 5) is 11.1. The SMILES string of the molecule is CN[C@@H]1CCN(c2nc(N)nc3c2oc2cccc(C)c23)C1. The number of hydrogen-bond acceptors (Lipinski definition) is 6. The standard InChI is InChI=1S/C16H19N5O/c1-9-4-3-5-11-12(9)13-14(22-11)15(20-16(17)19-13)21-7-6-10(8-21)18-2/h3-5,10,18H,6-8H2,1-2H3,(H2,17,19,20)/t10-/m1/s1. The Labute approximate surface area is 128 Å². The number of likely N-dealkylation sites (N-methyl/N-ethyl adjacent to an activating group) is 1. The number of aromatic nitrogens is 2. The summed E-state index contributed by atoms with van der Waals surface area (Å²) in [6, 6.07) is 6.48. The number of anilines is 2. The van der Waals surface area contributed by atoms with Gasteiger partial charge in [-0.25, -0.2) is 4.98 Å². The zero-order valence-electron chi connectivity index (χ0n) is 12.8. The molecule has 0 aliphatic carbocycles. The molecule has 6 heteroatoms. The molecular weight excluding hydrogens is 278 g/mol. The maximum atomic E-state index is 6.06. The van der Waals surface area contributed by atoms with Gasteiger partial charge in [0.25, 0.3) is 0 Å². The van der Waals surface area contributed by atoms with Gasteiger partial charge in [0.15, 0.2) is 11.4 Å². The fourth-order valence-corrected chi connectivity index (χ4v) is 3.26. The minimum atomic E-state index is 0.293. The third-order valence-electron chi connectivity index (χ3n) is 4.44. The smallest absolute Gasteiger partial charge is 0.222 e. The van der Waals surface area contributed by atoms with E-state index in [0.717, 1.165) is 53.0 Å². The molecule has 1 fully saturated rings. The zero-order valence-corrected chi connectivity index (χ0v) is 12.8. The molecule has 3 N–H and O–H groups in total. The van der Waals surface area contributed by atoms with Gasteiger partial charge in [-0.2, -0.15) is 4.98 Å². The Hall–Kier alpha value is -2.34. The molecule has 1 atom stereocenters. The second-order valence-electron chi connectivity index (χ2n) is 5.85. The number of fused-ring (bicyclic) bond motifs is 3. The maximum Gasteiger partial charge on any atom is 0.222 e. The Bertz CT molecular complexity index is 856. The van der Waals surface area contributed by atoms with Gasteiger partial charge in [-0.05, 0) is 32.0 Å². The van der Waals surface area contributed by atoms with Crippen molar-refractivity contribution in [3.8, 4) is 0 Å². The van der Waals surface area contributed by atoms with Gasteiger partial charge in [0.2, 0.25) is 5.95 Å². The molecule has 0 amide bonds. The van der Waals surface area contributed by atoms with Crippen LogP contribution in [-0.4, -0.2) is 36.1 Å². The molecule has 3 heterocycles. The Morgan fingerprint density at radius 2 is 2.23 bits per heavy atom. The number of nitrogens with one attached hydrogen (secondary N) is 1. The molecule has 4 rings (SSSR count). The largest absolute Gasteiger partial charge is 0.450 e. The molecule has 1 aliphatic heterocycles. The van der Waals surface area contributed by atoms with Crippen LogP contribution in [0, 0.1) is 6.92 Å². The first-order valence-corrected chi connectivity index (χ1v) is 7.55. The molecular formula is C16H19N5O. The summed E-state index contributed by atoms with van der Waals surface area (Å²) in [5.41, 5.74) is 9.46. The molecule has 22 heavy (non-hydrogen) atoms. The number of benzene rings is 1. The van der Waals surface area contributed by atoms with E-state index in [1.807, 2.05) is 19.2 Å². The summed E-state index contributed by atoms with van der Waals surface area (Å²) in [7, 11) is 1.99. The van der Waals surface area contributed by atoms with Crippen molar-refractivity contribution in [2.75, 3.05) is 30.8 Å². The molecule has 1 aromatic carbocycles. The van der Waals surface area contributed by atoms with E-state index in [9.17, 15) is 0 Å². The Balaban J connectivity index is 1.95. The lowest BCUT2D eigenvalue weighted by molar-refractivity contribution is 0.615. The van der Waals surface area contributed by atoms with Gasteiger partial charge in [0.05, 0.1) is 0 Å². The van der Waals surface area contributed by atoms with E-state index in [1.54, 1.807) is 0 Å². The molecule has 6 nitrogen and oxygen atoms in total. The molecule has 0 spiro atoms. The summed E-state index contributed by atoms with van der Waals surface area (Å²) in [5.74, 6) is 1.09. The summed E-state index contributed by atoms with van der Waals surface area (Å²) >= 11 is 0. The average molecular weight is 297 g/mol. The van der Waals surface area contributed by atoms with Gasteiger partial charge in [0.1, 0.15) is 11.1 Å². The van der Waals surface area contributed by atoms with E-state index in [-0.39, 0.29) is 0 Å². The fraction of sp³-hybridized carbons (Fsp3) is 0.375. The maximum absolute atomic E-state index is 6.06. The van der Waals surface area contributed by atoms with Crippen LogP contribution in [-0.2, 0) is 0 Å². The number of nitrogens with zero attached hydrogens (tertiary/aromatic N) is 3. The second-order valence-corrected chi connectivity index (χ2v) is 5.85. The van der Waals surface area contributed by atoms with Crippen molar-refractivity contribution in [3.63, 3.8) is 0 Å². The van der Waals surface area contributed by atoms with E-state index >= 15 is 0 Å². The first-order chi connectivity index (χ1) is 10.7.